The Morgan fingerprint density at radius 2 is 2.07 bits per heavy atom. The number of nitrogens with zero attached hydrogens (tertiary/aromatic N) is 2. The number of fused-ring (bicyclic) bond motifs is 1. The zero-order valence-corrected chi connectivity index (χ0v) is 10.7. The Morgan fingerprint density at radius 3 is 2.87 bits per heavy atom. The third-order valence-electron chi connectivity index (χ3n) is 2.11. The Balaban J connectivity index is 2.30. The smallest absolute Gasteiger partial charge is 0.143 e. The second kappa shape index (κ2) is 3.66. The predicted octanol–water partition coefficient (Wildman–Crippen LogP) is 4.18. The van der Waals surface area contributed by atoms with Crippen molar-refractivity contribution in [2.45, 2.75) is 0 Å². The minimum Gasteiger partial charge on any atom is -0.143 e. The van der Waals surface area contributed by atoms with Crippen LogP contribution in [0.1, 0.15) is 0 Å². The Bertz CT molecular complexity index is 614. The van der Waals surface area contributed by atoms with Crippen LogP contribution < -0.4 is 0 Å². The highest BCUT2D eigenvalue weighted by Gasteiger charge is 2.09. The molecule has 0 saturated heterocycles. The molecule has 3 rings (SSSR count). The fourth-order valence-electron chi connectivity index (χ4n) is 1.48. The van der Waals surface area contributed by atoms with Crippen LogP contribution in [-0.2, 0) is 0 Å². The van der Waals surface area contributed by atoms with Crippen molar-refractivity contribution < 1.29 is 0 Å². The fourth-order valence-corrected chi connectivity index (χ4v) is 3.60. The summed E-state index contributed by atoms with van der Waals surface area (Å²) in [5.41, 5.74) is 1.17. The van der Waals surface area contributed by atoms with Crippen LogP contribution in [0.3, 0.4) is 0 Å². The van der Waals surface area contributed by atoms with E-state index in [-0.39, 0.29) is 0 Å². The third-order valence-corrected chi connectivity index (χ3v) is 4.46. The van der Waals surface area contributed by atoms with E-state index in [9.17, 15) is 0 Å². The SMILES string of the molecule is Brc1nnc(-c2cccc3ccsc23)s1. The lowest BCUT2D eigenvalue weighted by Crippen LogP contribution is -1.76. The summed E-state index contributed by atoms with van der Waals surface area (Å²) in [6, 6.07) is 8.39. The van der Waals surface area contributed by atoms with E-state index in [1.165, 1.54) is 15.6 Å². The van der Waals surface area contributed by atoms with Crippen molar-refractivity contribution >= 4 is 48.7 Å². The number of aromatic nitrogens is 2. The predicted molar refractivity (Wildman–Crippen MR) is 68.4 cm³/mol. The molecule has 15 heavy (non-hydrogen) atoms. The minimum atomic E-state index is 0.825. The molecule has 0 spiro atoms. The van der Waals surface area contributed by atoms with Crippen LogP contribution in [0, 0.1) is 0 Å². The van der Waals surface area contributed by atoms with Crippen LogP contribution in [0.15, 0.2) is 33.6 Å². The largest absolute Gasteiger partial charge is 0.183 e. The van der Waals surface area contributed by atoms with Gasteiger partial charge in [0.2, 0.25) is 0 Å². The molecule has 2 heterocycles. The highest BCUT2D eigenvalue weighted by atomic mass is 79.9. The molecule has 0 aliphatic rings. The normalized spacial score (nSPS) is 11.0. The highest BCUT2D eigenvalue weighted by molar-refractivity contribution is 9.11. The van der Waals surface area contributed by atoms with Gasteiger partial charge in [-0.05, 0) is 32.8 Å². The van der Waals surface area contributed by atoms with Crippen molar-refractivity contribution in [3.05, 3.63) is 33.6 Å². The third kappa shape index (κ3) is 1.60. The summed E-state index contributed by atoms with van der Waals surface area (Å²) in [6.45, 7) is 0. The van der Waals surface area contributed by atoms with Crippen molar-refractivity contribution in [2.75, 3.05) is 0 Å². The first-order chi connectivity index (χ1) is 7.34. The van der Waals surface area contributed by atoms with Crippen molar-refractivity contribution in [1.29, 1.82) is 0 Å². The van der Waals surface area contributed by atoms with Gasteiger partial charge in [0.25, 0.3) is 0 Å². The van der Waals surface area contributed by atoms with E-state index in [1.54, 1.807) is 22.7 Å². The van der Waals surface area contributed by atoms with Crippen LogP contribution in [0.5, 0.6) is 0 Å². The molecule has 0 N–H and O–H groups in total. The molecule has 2 aromatic heterocycles. The molecule has 0 radical (unpaired) electrons. The van der Waals surface area contributed by atoms with Gasteiger partial charge in [0.15, 0.2) is 3.92 Å². The highest BCUT2D eigenvalue weighted by Crippen LogP contribution is 2.34. The maximum Gasteiger partial charge on any atom is 0.183 e. The van der Waals surface area contributed by atoms with Gasteiger partial charge in [-0.15, -0.1) is 21.5 Å². The average Bonchev–Trinajstić information content (AvgIpc) is 2.84. The van der Waals surface area contributed by atoms with Gasteiger partial charge in [-0.25, -0.2) is 0 Å². The summed E-state index contributed by atoms with van der Waals surface area (Å²) in [5.74, 6) is 0. The summed E-state index contributed by atoms with van der Waals surface area (Å²) in [7, 11) is 0. The molecule has 0 aliphatic carbocycles. The number of rotatable bonds is 1. The number of hydrogen-bond acceptors (Lipinski definition) is 4. The maximum atomic E-state index is 4.14. The summed E-state index contributed by atoms with van der Waals surface area (Å²) >= 11 is 6.63. The van der Waals surface area contributed by atoms with E-state index in [1.807, 2.05) is 0 Å². The van der Waals surface area contributed by atoms with Crippen molar-refractivity contribution in [1.82, 2.24) is 10.2 Å². The molecule has 1 aromatic carbocycles. The average molecular weight is 297 g/mol. The molecule has 0 bridgehead atoms. The Kier molecular flexibility index (Phi) is 2.31. The quantitative estimate of drug-likeness (QED) is 0.673. The Hall–Kier alpha value is -0.780. The monoisotopic (exact) mass is 296 g/mol. The van der Waals surface area contributed by atoms with Gasteiger partial charge in [0.1, 0.15) is 5.01 Å². The lowest BCUT2D eigenvalue weighted by molar-refractivity contribution is 1.08. The van der Waals surface area contributed by atoms with Crippen molar-refractivity contribution in [2.24, 2.45) is 0 Å². The molecule has 5 heteroatoms. The number of benzene rings is 1. The molecule has 0 saturated carbocycles. The topological polar surface area (TPSA) is 25.8 Å². The molecular formula is C10H5BrN2S2. The summed E-state index contributed by atoms with van der Waals surface area (Å²) < 4.78 is 2.10. The molecule has 0 atom stereocenters. The maximum absolute atomic E-state index is 4.14. The first-order valence-electron chi connectivity index (χ1n) is 4.30. The Labute approximate surface area is 103 Å². The van der Waals surface area contributed by atoms with Gasteiger partial charge in [0, 0.05) is 10.3 Å². The van der Waals surface area contributed by atoms with Crippen LogP contribution in [0.4, 0.5) is 0 Å². The van der Waals surface area contributed by atoms with E-state index in [2.05, 4.69) is 55.8 Å². The second-order valence-corrected chi connectivity index (χ2v) is 6.17. The number of halogens is 1. The molecule has 0 unspecified atom stereocenters. The standard InChI is InChI=1S/C10H5BrN2S2/c11-10-13-12-9(15-10)7-3-1-2-6-4-5-14-8(6)7/h1-5H. The minimum absolute atomic E-state index is 0.825. The van der Waals surface area contributed by atoms with E-state index in [0.29, 0.717) is 0 Å². The first kappa shape index (κ1) is 9.45. The molecular weight excluding hydrogens is 292 g/mol. The molecule has 0 fully saturated rings. The van der Waals surface area contributed by atoms with E-state index in [0.717, 1.165) is 8.92 Å². The fraction of sp³-hybridized carbons (Fsp3) is 0. The second-order valence-electron chi connectivity index (χ2n) is 3.00. The van der Waals surface area contributed by atoms with Gasteiger partial charge in [0.05, 0.1) is 0 Å². The zero-order valence-electron chi connectivity index (χ0n) is 7.48. The zero-order chi connectivity index (χ0) is 10.3. The summed E-state index contributed by atoms with van der Waals surface area (Å²) in [5, 5.41) is 12.5. The lowest BCUT2D eigenvalue weighted by Gasteiger charge is -1.96. The first-order valence-corrected chi connectivity index (χ1v) is 6.79. The van der Waals surface area contributed by atoms with Crippen LogP contribution in [0.2, 0.25) is 0 Å². The molecule has 74 valence electrons. The van der Waals surface area contributed by atoms with Crippen molar-refractivity contribution in [3.8, 4) is 10.6 Å². The van der Waals surface area contributed by atoms with E-state index < -0.39 is 0 Å². The molecule has 2 nitrogen and oxygen atoms in total. The van der Waals surface area contributed by atoms with E-state index in [4.69, 9.17) is 0 Å². The molecule has 0 aliphatic heterocycles. The van der Waals surface area contributed by atoms with Gasteiger partial charge in [-0.1, -0.05) is 29.5 Å². The van der Waals surface area contributed by atoms with Gasteiger partial charge in [-0.3, -0.25) is 0 Å². The van der Waals surface area contributed by atoms with Crippen LogP contribution in [-0.4, -0.2) is 10.2 Å². The lowest BCUT2D eigenvalue weighted by atomic mass is 10.2. The van der Waals surface area contributed by atoms with Crippen LogP contribution >= 0.6 is 38.6 Å². The van der Waals surface area contributed by atoms with Gasteiger partial charge < -0.3 is 0 Å². The summed E-state index contributed by atoms with van der Waals surface area (Å²) in [6.07, 6.45) is 0. The number of hydrogen-bond donors (Lipinski definition) is 0. The van der Waals surface area contributed by atoms with Crippen molar-refractivity contribution in [3.63, 3.8) is 0 Å². The Morgan fingerprint density at radius 1 is 1.13 bits per heavy atom. The molecule has 3 aromatic rings. The van der Waals surface area contributed by atoms with Gasteiger partial charge >= 0.3 is 0 Å². The van der Waals surface area contributed by atoms with E-state index >= 15 is 0 Å². The van der Waals surface area contributed by atoms with Gasteiger partial charge in [-0.2, -0.15) is 0 Å². The van der Waals surface area contributed by atoms with Crippen LogP contribution in [0.25, 0.3) is 20.7 Å². The number of thiophene rings is 1. The summed E-state index contributed by atoms with van der Waals surface area (Å²) in [4.78, 5) is 0. The molecule has 0 amide bonds.